The third kappa shape index (κ3) is 2.59. The first-order valence-corrected chi connectivity index (χ1v) is 6.18. The van der Waals surface area contributed by atoms with Crippen LogP contribution in [0.5, 0.6) is 0 Å². The third-order valence-corrected chi connectivity index (χ3v) is 2.99. The summed E-state index contributed by atoms with van der Waals surface area (Å²) in [5, 5.41) is 7.31. The third-order valence-electron chi connectivity index (χ3n) is 2.99. The normalized spacial score (nSPS) is 19.9. The maximum Gasteiger partial charge on any atom is 0.246 e. The van der Waals surface area contributed by atoms with Gasteiger partial charge < -0.3 is 0 Å². The Morgan fingerprint density at radius 3 is 2.89 bits per heavy atom. The molecule has 0 saturated carbocycles. The zero-order valence-electron chi connectivity index (χ0n) is 10.7. The summed E-state index contributed by atoms with van der Waals surface area (Å²) in [6.07, 6.45) is 2.90. The number of amides is 2. The highest BCUT2D eigenvalue weighted by Gasteiger charge is 2.37. The second-order valence-corrected chi connectivity index (χ2v) is 4.50. The molecule has 1 aromatic rings. The van der Waals surface area contributed by atoms with Gasteiger partial charge in [-0.25, -0.2) is 0 Å². The average Bonchev–Trinajstić information content (AvgIpc) is 2.86. The minimum atomic E-state index is -0.397. The van der Waals surface area contributed by atoms with Crippen LogP contribution in [0.3, 0.4) is 0 Å². The monoisotopic (exact) mass is 250 g/mol. The van der Waals surface area contributed by atoms with Crippen LogP contribution in [0, 0.1) is 0 Å². The molecule has 6 heteroatoms. The summed E-state index contributed by atoms with van der Waals surface area (Å²) in [6, 6.07) is 1.49. The van der Waals surface area contributed by atoms with Crippen LogP contribution in [0.1, 0.15) is 25.5 Å². The number of nitrogens with one attached hydrogen (secondary N) is 1. The predicted octanol–water partition coefficient (Wildman–Crippen LogP) is 0.0472. The Bertz CT molecular complexity index is 455. The molecule has 1 N–H and O–H groups in total. The van der Waals surface area contributed by atoms with E-state index in [-0.39, 0.29) is 18.2 Å². The van der Waals surface area contributed by atoms with Gasteiger partial charge in [-0.3, -0.25) is 24.5 Å². The fraction of sp³-hybridized carbons (Fsp3) is 0.583. The summed E-state index contributed by atoms with van der Waals surface area (Å²) < 4.78 is 1.71. The fourth-order valence-electron chi connectivity index (χ4n) is 2.09. The number of aryl methyl sites for hydroxylation is 1. The number of carbonyl (C=O) groups is 2. The number of likely N-dealkylation sites (tertiary alicyclic amines) is 1. The lowest BCUT2D eigenvalue weighted by Crippen LogP contribution is -2.38. The van der Waals surface area contributed by atoms with Gasteiger partial charge in [0.15, 0.2) is 0 Å². The second kappa shape index (κ2) is 5.30. The Labute approximate surface area is 106 Å². The number of nitrogens with zero attached hydrogens (tertiary/aromatic N) is 3. The van der Waals surface area contributed by atoms with Gasteiger partial charge >= 0.3 is 0 Å². The Morgan fingerprint density at radius 2 is 2.28 bits per heavy atom. The van der Waals surface area contributed by atoms with Crippen molar-refractivity contribution in [3.05, 3.63) is 18.0 Å². The molecule has 1 fully saturated rings. The van der Waals surface area contributed by atoms with E-state index in [1.807, 2.05) is 26.2 Å². The molecule has 1 aliphatic rings. The number of hydrogen-bond donors (Lipinski definition) is 1. The fourth-order valence-corrected chi connectivity index (χ4v) is 2.09. The molecule has 0 radical (unpaired) electrons. The van der Waals surface area contributed by atoms with Crippen molar-refractivity contribution in [1.82, 2.24) is 20.0 Å². The topological polar surface area (TPSA) is 67.2 Å². The Morgan fingerprint density at radius 1 is 1.50 bits per heavy atom. The van der Waals surface area contributed by atoms with Crippen LogP contribution in [0.15, 0.2) is 12.3 Å². The molecule has 0 aliphatic carbocycles. The summed E-state index contributed by atoms with van der Waals surface area (Å²) in [5.41, 5.74) is 0.867. The molecule has 2 amide bonds. The highest BCUT2D eigenvalue weighted by atomic mass is 16.2. The van der Waals surface area contributed by atoms with Gasteiger partial charge in [-0.2, -0.15) is 5.10 Å². The molecule has 0 aromatic carbocycles. The zero-order valence-corrected chi connectivity index (χ0v) is 10.7. The van der Waals surface area contributed by atoms with Crippen LogP contribution in [0.4, 0.5) is 0 Å². The Kier molecular flexibility index (Phi) is 3.76. The minimum Gasteiger partial charge on any atom is -0.300 e. The highest BCUT2D eigenvalue weighted by molar-refractivity contribution is 6.05. The molecule has 1 aromatic heterocycles. The number of carbonyl (C=O) groups excluding carboxylic acids is 2. The average molecular weight is 250 g/mol. The van der Waals surface area contributed by atoms with Crippen LogP contribution in [-0.2, 0) is 23.2 Å². The lowest BCUT2D eigenvalue weighted by molar-refractivity contribution is -0.138. The molecular weight excluding hydrogens is 232 g/mol. The molecule has 98 valence electrons. The van der Waals surface area contributed by atoms with E-state index < -0.39 is 6.04 Å². The van der Waals surface area contributed by atoms with Crippen LogP contribution in [0.25, 0.3) is 0 Å². The van der Waals surface area contributed by atoms with E-state index in [1.165, 1.54) is 4.90 Å². The molecular formula is C12H18N4O2. The van der Waals surface area contributed by atoms with Gasteiger partial charge in [0.05, 0.1) is 18.2 Å². The summed E-state index contributed by atoms with van der Waals surface area (Å²) in [5.74, 6) is -0.196. The molecule has 2 rings (SSSR count). The molecule has 6 nitrogen and oxygen atoms in total. The molecule has 0 spiro atoms. The number of hydrogen-bond acceptors (Lipinski definition) is 4. The molecule has 0 bridgehead atoms. The number of imide groups is 1. The van der Waals surface area contributed by atoms with E-state index in [9.17, 15) is 9.59 Å². The summed E-state index contributed by atoms with van der Waals surface area (Å²) in [6.45, 7) is 2.97. The quantitative estimate of drug-likeness (QED) is 0.750. The van der Waals surface area contributed by atoms with Gasteiger partial charge in [0, 0.05) is 26.3 Å². The van der Waals surface area contributed by atoms with Crippen molar-refractivity contribution in [1.29, 1.82) is 0 Å². The maximum absolute atomic E-state index is 11.9. The van der Waals surface area contributed by atoms with E-state index in [2.05, 4.69) is 10.4 Å². The van der Waals surface area contributed by atoms with Gasteiger partial charge in [-0.1, -0.05) is 6.92 Å². The summed E-state index contributed by atoms with van der Waals surface area (Å²) in [4.78, 5) is 24.9. The van der Waals surface area contributed by atoms with Gasteiger partial charge in [-0.05, 0) is 12.5 Å². The lowest BCUT2D eigenvalue weighted by Gasteiger charge is -2.13. The number of aromatic nitrogens is 2. The molecule has 1 atom stereocenters. The van der Waals surface area contributed by atoms with Crippen LogP contribution < -0.4 is 5.32 Å². The van der Waals surface area contributed by atoms with Crippen molar-refractivity contribution in [2.45, 2.75) is 32.4 Å². The summed E-state index contributed by atoms with van der Waals surface area (Å²) >= 11 is 0. The van der Waals surface area contributed by atoms with E-state index in [1.54, 1.807) is 4.68 Å². The van der Waals surface area contributed by atoms with Gasteiger partial charge in [0.2, 0.25) is 11.8 Å². The van der Waals surface area contributed by atoms with E-state index >= 15 is 0 Å². The van der Waals surface area contributed by atoms with E-state index in [4.69, 9.17) is 0 Å². The van der Waals surface area contributed by atoms with Crippen molar-refractivity contribution in [2.24, 2.45) is 7.05 Å². The second-order valence-electron chi connectivity index (χ2n) is 4.50. The van der Waals surface area contributed by atoms with Crippen molar-refractivity contribution >= 4 is 11.8 Å². The first kappa shape index (κ1) is 12.8. The molecule has 1 saturated heterocycles. The van der Waals surface area contributed by atoms with Crippen LogP contribution in [-0.4, -0.2) is 39.1 Å². The van der Waals surface area contributed by atoms with Crippen LogP contribution >= 0.6 is 0 Å². The highest BCUT2D eigenvalue weighted by Crippen LogP contribution is 2.13. The van der Waals surface area contributed by atoms with Gasteiger partial charge in [-0.15, -0.1) is 0 Å². The molecule has 2 heterocycles. The van der Waals surface area contributed by atoms with Gasteiger partial charge in [0.25, 0.3) is 0 Å². The zero-order chi connectivity index (χ0) is 13.1. The summed E-state index contributed by atoms with van der Waals surface area (Å²) in [7, 11) is 1.84. The smallest absolute Gasteiger partial charge is 0.246 e. The SMILES string of the molecule is CCCN1C(=O)CC(NCc2ccn(C)n2)C1=O. The number of rotatable bonds is 5. The van der Waals surface area contributed by atoms with Crippen molar-refractivity contribution < 1.29 is 9.59 Å². The molecule has 18 heavy (non-hydrogen) atoms. The largest absolute Gasteiger partial charge is 0.300 e. The lowest BCUT2D eigenvalue weighted by atomic mass is 10.2. The van der Waals surface area contributed by atoms with E-state index in [0.29, 0.717) is 13.1 Å². The standard InChI is InChI=1S/C12H18N4O2/c1-3-5-16-11(17)7-10(12(16)18)13-8-9-4-6-15(2)14-9/h4,6,10,13H,3,5,7-8H2,1-2H3. The maximum atomic E-state index is 11.9. The van der Waals surface area contributed by atoms with Crippen molar-refractivity contribution in [2.75, 3.05) is 6.54 Å². The Balaban J connectivity index is 1.91. The van der Waals surface area contributed by atoms with Crippen molar-refractivity contribution in [3.63, 3.8) is 0 Å². The predicted molar refractivity (Wildman–Crippen MR) is 65.5 cm³/mol. The Hall–Kier alpha value is -1.69. The van der Waals surface area contributed by atoms with Crippen LogP contribution in [0.2, 0.25) is 0 Å². The van der Waals surface area contributed by atoms with E-state index in [0.717, 1.165) is 12.1 Å². The van der Waals surface area contributed by atoms with Crippen molar-refractivity contribution in [3.8, 4) is 0 Å². The first-order valence-electron chi connectivity index (χ1n) is 6.18. The molecule has 1 aliphatic heterocycles. The minimum absolute atomic E-state index is 0.0830. The first-order chi connectivity index (χ1) is 8.61. The van der Waals surface area contributed by atoms with Gasteiger partial charge in [0.1, 0.15) is 0 Å². The molecule has 1 unspecified atom stereocenters.